The third kappa shape index (κ3) is 4.06. The average molecular weight is 208 g/mol. The quantitative estimate of drug-likeness (QED) is 0.686. The van der Waals surface area contributed by atoms with Crippen molar-refractivity contribution in [2.24, 2.45) is 5.92 Å². The van der Waals surface area contributed by atoms with Crippen molar-refractivity contribution in [3.05, 3.63) is 0 Å². The van der Waals surface area contributed by atoms with E-state index >= 15 is 0 Å². The average Bonchev–Trinajstić information content (AvgIpc) is 2.03. The van der Waals surface area contributed by atoms with Crippen molar-refractivity contribution < 1.29 is 17.7 Å². The van der Waals surface area contributed by atoms with Gasteiger partial charge in [0, 0.05) is 6.61 Å². The fourth-order valence-corrected chi connectivity index (χ4v) is 2.34. The van der Waals surface area contributed by atoms with Crippen molar-refractivity contribution in [2.45, 2.75) is 31.8 Å². The normalized spacial score (nSPS) is 30.3. The van der Waals surface area contributed by atoms with E-state index in [1.165, 1.54) is 0 Å². The maximum absolute atomic E-state index is 10.8. The lowest BCUT2D eigenvalue weighted by Gasteiger charge is -2.26. The van der Waals surface area contributed by atoms with Gasteiger partial charge in [-0.1, -0.05) is 0 Å². The zero-order chi connectivity index (χ0) is 9.90. The van der Waals surface area contributed by atoms with E-state index in [1.54, 1.807) is 0 Å². The molecule has 0 atom stereocenters. The van der Waals surface area contributed by atoms with Crippen LogP contribution >= 0.6 is 0 Å². The lowest BCUT2D eigenvalue weighted by atomic mass is 9.88. The number of aliphatic hydroxyl groups is 1. The summed E-state index contributed by atoms with van der Waals surface area (Å²) in [5.41, 5.74) is 0. The van der Waals surface area contributed by atoms with Gasteiger partial charge in [-0.25, -0.2) is 0 Å². The van der Waals surface area contributed by atoms with Gasteiger partial charge in [0.15, 0.2) is 0 Å². The summed E-state index contributed by atoms with van der Waals surface area (Å²) < 4.78 is 26.4. The summed E-state index contributed by atoms with van der Waals surface area (Å²) in [5.74, 6) is 0.333. The van der Waals surface area contributed by atoms with Crippen molar-refractivity contribution in [1.82, 2.24) is 0 Å². The summed E-state index contributed by atoms with van der Waals surface area (Å²) in [4.78, 5) is 0. The van der Waals surface area contributed by atoms with Gasteiger partial charge in [-0.2, -0.15) is 8.42 Å². The van der Waals surface area contributed by atoms with Gasteiger partial charge in [0.1, 0.15) is 0 Å². The van der Waals surface area contributed by atoms with Gasteiger partial charge < -0.3 is 5.11 Å². The summed E-state index contributed by atoms with van der Waals surface area (Å²) in [6, 6.07) is 0. The van der Waals surface area contributed by atoms with Crippen LogP contribution in [0.2, 0.25) is 0 Å². The molecule has 0 aromatic carbocycles. The summed E-state index contributed by atoms with van der Waals surface area (Å²) in [6.45, 7) is 0.200. The highest BCUT2D eigenvalue weighted by molar-refractivity contribution is 7.86. The fraction of sp³-hybridized carbons (Fsp3) is 1.00. The molecule has 0 heterocycles. The molecular formula is C8H16O4S. The van der Waals surface area contributed by atoms with Crippen LogP contribution in [-0.2, 0) is 14.3 Å². The molecule has 0 aliphatic heterocycles. The smallest absolute Gasteiger partial charge is 0.264 e. The first kappa shape index (κ1) is 10.9. The van der Waals surface area contributed by atoms with Crippen LogP contribution in [0.25, 0.3) is 0 Å². The SMILES string of the molecule is CS(=O)(=O)O[C@H]1CC[C@@H](CO)CC1. The number of aliphatic hydroxyl groups excluding tert-OH is 1. The summed E-state index contributed by atoms with van der Waals surface area (Å²) in [5, 5.41) is 8.85. The minimum Gasteiger partial charge on any atom is -0.396 e. The van der Waals surface area contributed by atoms with Gasteiger partial charge in [0.05, 0.1) is 12.4 Å². The standard InChI is InChI=1S/C8H16O4S/c1-13(10,11)12-8-4-2-7(6-9)3-5-8/h7-9H,2-6H2,1H3/t7-,8+. The minimum atomic E-state index is -3.31. The van der Waals surface area contributed by atoms with Gasteiger partial charge in [0.25, 0.3) is 10.1 Å². The van der Waals surface area contributed by atoms with Gasteiger partial charge in [-0.3, -0.25) is 4.18 Å². The van der Waals surface area contributed by atoms with Crippen molar-refractivity contribution in [1.29, 1.82) is 0 Å². The highest BCUT2D eigenvalue weighted by atomic mass is 32.2. The maximum atomic E-state index is 10.8. The highest BCUT2D eigenvalue weighted by Gasteiger charge is 2.23. The number of rotatable bonds is 3. The van der Waals surface area contributed by atoms with E-state index in [0.717, 1.165) is 31.9 Å². The molecule has 0 spiro atoms. The predicted octanol–water partition coefficient (Wildman–Crippen LogP) is 0.514. The minimum absolute atomic E-state index is 0.169. The van der Waals surface area contributed by atoms with Crippen LogP contribution < -0.4 is 0 Å². The summed E-state index contributed by atoms with van der Waals surface area (Å²) in [6.07, 6.45) is 4.09. The number of hydrogen-bond donors (Lipinski definition) is 1. The molecule has 1 rings (SSSR count). The van der Waals surface area contributed by atoms with Crippen LogP contribution in [0.1, 0.15) is 25.7 Å². The van der Waals surface area contributed by atoms with Crippen LogP contribution in [0, 0.1) is 5.92 Å². The molecule has 5 heteroatoms. The van der Waals surface area contributed by atoms with Gasteiger partial charge in [-0.05, 0) is 31.6 Å². The monoisotopic (exact) mass is 208 g/mol. The number of hydrogen-bond acceptors (Lipinski definition) is 4. The lowest BCUT2D eigenvalue weighted by Crippen LogP contribution is -2.25. The third-order valence-corrected chi connectivity index (χ3v) is 2.98. The van der Waals surface area contributed by atoms with Crippen LogP contribution in [-0.4, -0.2) is 32.5 Å². The molecule has 0 amide bonds. The van der Waals surface area contributed by atoms with Crippen molar-refractivity contribution in [2.75, 3.05) is 12.9 Å². The molecule has 0 aromatic rings. The lowest BCUT2D eigenvalue weighted by molar-refractivity contribution is 0.109. The van der Waals surface area contributed by atoms with Crippen LogP contribution in [0.5, 0.6) is 0 Å². The Kier molecular flexibility index (Phi) is 3.70. The second-order valence-corrected chi connectivity index (χ2v) is 5.23. The molecule has 13 heavy (non-hydrogen) atoms. The predicted molar refractivity (Wildman–Crippen MR) is 48.8 cm³/mol. The largest absolute Gasteiger partial charge is 0.396 e. The maximum Gasteiger partial charge on any atom is 0.264 e. The molecule has 0 saturated heterocycles. The summed E-state index contributed by atoms with van der Waals surface area (Å²) >= 11 is 0. The Balaban J connectivity index is 2.33. The van der Waals surface area contributed by atoms with Crippen LogP contribution in [0.15, 0.2) is 0 Å². The fourth-order valence-electron chi connectivity index (χ4n) is 1.66. The Morgan fingerprint density at radius 1 is 1.31 bits per heavy atom. The molecule has 1 N–H and O–H groups in total. The van der Waals surface area contributed by atoms with Gasteiger partial charge >= 0.3 is 0 Å². The molecular weight excluding hydrogens is 192 g/mol. The second-order valence-electron chi connectivity index (χ2n) is 3.63. The molecule has 4 nitrogen and oxygen atoms in total. The van der Waals surface area contributed by atoms with Crippen molar-refractivity contribution in [3.8, 4) is 0 Å². The van der Waals surface area contributed by atoms with E-state index in [0.29, 0.717) is 5.92 Å². The zero-order valence-corrected chi connectivity index (χ0v) is 8.59. The Morgan fingerprint density at radius 2 is 1.85 bits per heavy atom. The first-order valence-electron chi connectivity index (χ1n) is 4.50. The summed E-state index contributed by atoms with van der Waals surface area (Å²) in [7, 11) is -3.31. The molecule has 1 fully saturated rings. The van der Waals surface area contributed by atoms with E-state index in [1.807, 2.05) is 0 Å². The Morgan fingerprint density at radius 3 is 2.23 bits per heavy atom. The van der Waals surface area contributed by atoms with E-state index < -0.39 is 10.1 Å². The molecule has 0 unspecified atom stereocenters. The van der Waals surface area contributed by atoms with Crippen LogP contribution in [0.3, 0.4) is 0 Å². The Hall–Kier alpha value is -0.130. The molecule has 78 valence electrons. The first-order chi connectivity index (χ1) is 6.01. The van der Waals surface area contributed by atoms with Crippen molar-refractivity contribution in [3.63, 3.8) is 0 Å². The highest BCUT2D eigenvalue weighted by Crippen LogP contribution is 2.26. The third-order valence-electron chi connectivity index (χ3n) is 2.36. The van der Waals surface area contributed by atoms with E-state index in [4.69, 9.17) is 9.29 Å². The van der Waals surface area contributed by atoms with E-state index in [2.05, 4.69) is 0 Å². The Bertz CT molecular complexity index is 239. The van der Waals surface area contributed by atoms with Crippen LogP contribution in [0.4, 0.5) is 0 Å². The molecule has 0 aromatic heterocycles. The van der Waals surface area contributed by atoms with Gasteiger partial charge in [0.2, 0.25) is 0 Å². The zero-order valence-electron chi connectivity index (χ0n) is 7.77. The Labute approximate surface area is 79.0 Å². The molecule has 0 radical (unpaired) electrons. The van der Waals surface area contributed by atoms with Gasteiger partial charge in [-0.15, -0.1) is 0 Å². The molecule has 1 saturated carbocycles. The second kappa shape index (κ2) is 4.39. The molecule has 1 aliphatic carbocycles. The molecule has 1 aliphatic rings. The van der Waals surface area contributed by atoms with E-state index in [9.17, 15) is 8.42 Å². The first-order valence-corrected chi connectivity index (χ1v) is 6.32. The van der Waals surface area contributed by atoms with E-state index in [-0.39, 0.29) is 12.7 Å². The topological polar surface area (TPSA) is 63.6 Å². The van der Waals surface area contributed by atoms with Crippen molar-refractivity contribution >= 4 is 10.1 Å². The molecule has 0 bridgehead atoms.